The molecule has 0 aromatic rings. The van der Waals surface area contributed by atoms with Gasteiger partial charge in [-0.25, -0.2) is 0 Å². The molecule has 0 aromatic heterocycles. The monoisotopic (exact) mass is 173 g/mol. The molecule has 2 heterocycles. The average molecular weight is 173 g/mol. The lowest BCUT2D eigenvalue weighted by Crippen LogP contribution is -2.17. The van der Waals surface area contributed by atoms with E-state index in [4.69, 9.17) is 19.9 Å². The number of rotatable bonds is 2. The predicted octanol–water partition coefficient (Wildman–Crippen LogP) is 0.212. The average Bonchev–Trinajstić information content (AvgIpc) is 2.44. The van der Waals surface area contributed by atoms with Crippen LogP contribution in [-0.2, 0) is 14.2 Å². The van der Waals surface area contributed by atoms with Crippen molar-refractivity contribution in [3.05, 3.63) is 0 Å². The van der Waals surface area contributed by atoms with E-state index in [-0.39, 0.29) is 24.8 Å². The third-order valence-corrected chi connectivity index (χ3v) is 2.31. The molecule has 0 spiro atoms. The first-order chi connectivity index (χ1) is 5.79. The van der Waals surface area contributed by atoms with Crippen molar-refractivity contribution in [2.45, 2.75) is 44.6 Å². The van der Waals surface area contributed by atoms with Gasteiger partial charge in [-0.3, -0.25) is 0 Å². The van der Waals surface area contributed by atoms with Crippen molar-refractivity contribution in [2.75, 3.05) is 6.54 Å². The zero-order valence-electron chi connectivity index (χ0n) is 7.23. The van der Waals surface area contributed by atoms with E-state index in [1.807, 2.05) is 6.92 Å². The van der Waals surface area contributed by atoms with E-state index in [2.05, 4.69) is 0 Å². The van der Waals surface area contributed by atoms with Crippen LogP contribution in [0.4, 0.5) is 0 Å². The van der Waals surface area contributed by atoms with Crippen LogP contribution in [-0.4, -0.2) is 31.3 Å². The Kier molecular flexibility index (Phi) is 2.32. The minimum absolute atomic E-state index is 0.112. The summed E-state index contributed by atoms with van der Waals surface area (Å²) in [5, 5.41) is 0. The SMILES string of the molecule is CC1O[C@H]2O[C@H](CCN)C[C@H]2O1. The molecule has 4 atom stereocenters. The smallest absolute Gasteiger partial charge is 0.187 e. The van der Waals surface area contributed by atoms with Crippen LogP contribution in [0.3, 0.4) is 0 Å². The lowest BCUT2D eigenvalue weighted by Gasteiger charge is -2.11. The Balaban J connectivity index is 1.85. The molecule has 0 amide bonds. The summed E-state index contributed by atoms with van der Waals surface area (Å²) in [5.41, 5.74) is 5.42. The Morgan fingerprint density at radius 3 is 2.83 bits per heavy atom. The summed E-state index contributed by atoms with van der Waals surface area (Å²) in [7, 11) is 0. The van der Waals surface area contributed by atoms with Gasteiger partial charge in [-0.15, -0.1) is 0 Å². The first-order valence-corrected chi connectivity index (χ1v) is 4.46. The summed E-state index contributed by atoms with van der Waals surface area (Å²) in [6.07, 6.45) is 1.93. The lowest BCUT2D eigenvalue weighted by molar-refractivity contribution is -0.149. The van der Waals surface area contributed by atoms with E-state index in [1.54, 1.807) is 0 Å². The van der Waals surface area contributed by atoms with Crippen molar-refractivity contribution in [3.8, 4) is 0 Å². The molecule has 1 unspecified atom stereocenters. The van der Waals surface area contributed by atoms with E-state index in [0.717, 1.165) is 12.8 Å². The van der Waals surface area contributed by atoms with E-state index in [0.29, 0.717) is 6.54 Å². The van der Waals surface area contributed by atoms with Gasteiger partial charge in [0.15, 0.2) is 12.6 Å². The standard InChI is InChI=1S/C8H15NO3/c1-5-10-7-4-6(2-3-9)12-8(7)11-5/h5-8H,2-4,9H2,1H3/t5?,6-,7-,8+/m1/s1. The third-order valence-electron chi connectivity index (χ3n) is 2.31. The van der Waals surface area contributed by atoms with Gasteiger partial charge in [-0.05, 0) is 19.9 Å². The predicted molar refractivity (Wildman–Crippen MR) is 42.4 cm³/mol. The van der Waals surface area contributed by atoms with Gasteiger partial charge >= 0.3 is 0 Å². The molecule has 2 rings (SSSR count). The van der Waals surface area contributed by atoms with E-state index < -0.39 is 0 Å². The van der Waals surface area contributed by atoms with Gasteiger partial charge in [0.2, 0.25) is 0 Å². The fraction of sp³-hybridized carbons (Fsp3) is 1.00. The highest BCUT2D eigenvalue weighted by Gasteiger charge is 2.43. The Morgan fingerprint density at radius 1 is 1.33 bits per heavy atom. The molecule has 0 aromatic carbocycles. The van der Waals surface area contributed by atoms with E-state index in [9.17, 15) is 0 Å². The topological polar surface area (TPSA) is 53.7 Å². The first-order valence-electron chi connectivity index (χ1n) is 4.46. The van der Waals surface area contributed by atoms with Crippen LogP contribution < -0.4 is 5.73 Å². The molecular formula is C8H15NO3. The molecule has 2 fully saturated rings. The molecule has 4 nitrogen and oxygen atoms in total. The van der Waals surface area contributed by atoms with Crippen molar-refractivity contribution < 1.29 is 14.2 Å². The van der Waals surface area contributed by atoms with Crippen molar-refractivity contribution >= 4 is 0 Å². The van der Waals surface area contributed by atoms with Gasteiger partial charge in [0.05, 0.1) is 6.10 Å². The maximum absolute atomic E-state index is 5.57. The molecule has 2 aliphatic rings. The number of ether oxygens (including phenoxy) is 3. The van der Waals surface area contributed by atoms with E-state index in [1.165, 1.54) is 0 Å². The van der Waals surface area contributed by atoms with Crippen molar-refractivity contribution in [1.29, 1.82) is 0 Å². The van der Waals surface area contributed by atoms with Gasteiger partial charge in [0.25, 0.3) is 0 Å². The molecule has 12 heavy (non-hydrogen) atoms. The summed E-state index contributed by atoms with van der Waals surface area (Å²) in [6.45, 7) is 2.55. The van der Waals surface area contributed by atoms with Crippen molar-refractivity contribution in [1.82, 2.24) is 0 Å². The maximum Gasteiger partial charge on any atom is 0.187 e. The maximum atomic E-state index is 5.57. The molecule has 2 aliphatic heterocycles. The normalized spacial score (nSPS) is 46.5. The number of nitrogens with two attached hydrogens (primary N) is 1. The Hall–Kier alpha value is -0.160. The molecular weight excluding hydrogens is 158 g/mol. The molecule has 4 heteroatoms. The highest BCUT2D eigenvalue weighted by Crippen LogP contribution is 2.32. The minimum Gasteiger partial charge on any atom is -0.346 e. The van der Waals surface area contributed by atoms with Crippen molar-refractivity contribution in [2.24, 2.45) is 5.73 Å². The Bertz CT molecular complexity index is 150. The molecule has 0 saturated carbocycles. The minimum atomic E-state index is -0.142. The van der Waals surface area contributed by atoms with Crippen LogP contribution >= 0.6 is 0 Å². The number of hydrogen-bond acceptors (Lipinski definition) is 4. The van der Waals surface area contributed by atoms with Crippen molar-refractivity contribution in [3.63, 3.8) is 0 Å². The van der Waals surface area contributed by atoms with Crippen LogP contribution in [0.2, 0.25) is 0 Å². The molecule has 2 N–H and O–H groups in total. The molecule has 2 saturated heterocycles. The second kappa shape index (κ2) is 3.30. The second-order valence-corrected chi connectivity index (χ2v) is 3.32. The molecule has 0 radical (unpaired) electrons. The van der Waals surface area contributed by atoms with Crippen LogP contribution in [0.1, 0.15) is 19.8 Å². The Morgan fingerprint density at radius 2 is 2.17 bits per heavy atom. The molecule has 70 valence electrons. The fourth-order valence-electron chi connectivity index (χ4n) is 1.78. The lowest BCUT2D eigenvalue weighted by atomic mass is 10.1. The zero-order valence-corrected chi connectivity index (χ0v) is 7.23. The van der Waals surface area contributed by atoms with E-state index >= 15 is 0 Å². The Labute approximate surface area is 72.0 Å². The van der Waals surface area contributed by atoms with Crippen LogP contribution in [0, 0.1) is 0 Å². The zero-order chi connectivity index (χ0) is 8.55. The highest BCUT2D eigenvalue weighted by atomic mass is 16.8. The van der Waals surface area contributed by atoms with Gasteiger partial charge in [0.1, 0.15) is 6.10 Å². The fourth-order valence-corrected chi connectivity index (χ4v) is 1.78. The summed E-state index contributed by atoms with van der Waals surface area (Å²) < 4.78 is 16.4. The summed E-state index contributed by atoms with van der Waals surface area (Å²) in [5.74, 6) is 0. The summed E-state index contributed by atoms with van der Waals surface area (Å²) >= 11 is 0. The quantitative estimate of drug-likeness (QED) is 0.648. The summed E-state index contributed by atoms with van der Waals surface area (Å²) in [4.78, 5) is 0. The number of fused-ring (bicyclic) bond motifs is 1. The largest absolute Gasteiger partial charge is 0.346 e. The van der Waals surface area contributed by atoms with Gasteiger partial charge in [-0.2, -0.15) is 0 Å². The van der Waals surface area contributed by atoms with Gasteiger partial charge < -0.3 is 19.9 Å². The van der Waals surface area contributed by atoms with Crippen LogP contribution in [0.25, 0.3) is 0 Å². The molecule has 0 bridgehead atoms. The first kappa shape index (κ1) is 8.44. The number of hydrogen-bond donors (Lipinski definition) is 1. The van der Waals surface area contributed by atoms with Gasteiger partial charge in [0, 0.05) is 6.42 Å². The van der Waals surface area contributed by atoms with Crippen LogP contribution in [0.15, 0.2) is 0 Å². The third kappa shape index (κ3) is 1.47. The highest BCUT2D eigenvalue weighted by molar-refractivity contribution is 4.81. The summed E-state index contributed by atoms with van der Waals surface area (Å²) in [6, 6.07) is 0. The molecule has 0 aliphatic carbocycles. The van der Waals surface area contributed by atoms with Crippen LogP contribution in [0.5, 0.6) is 0 Å². The second-order valence-electron chi connectivity index (χ2n) is 3.32. The van der Waals surface area contributed by atoms with Gasteiger partial charge in [-0.1, -0.05) is 0 Å².